The lowest BCUT2D eigenvalue weighted by molar-refractivity contribution is -0.123. The molecule has 3 aromatic rings. The Labute approximate surface area is 180 Å². The van der Waals surface area contributed by atoms with Crippen molar-refractivity contribution in [1.29, 1.82) is 0 Å². The van der Waals surface area contributed by atoms with E-state index in [1.165, 1.54) is 0 Å². The maximum Gasteiger partial charge on any atom is 0.276 e. The van der Waals surface area contributed by atoms with Gasteiger partial charge < -0.3 is 14.2 Å². The molecule has 0 fully saturated rings. The van der Waals surface area contributed by atoms with Crippen molar-refractivity contribution < 1.29 is 23.8 Å². The van der Waals surface area contributed by atoms with E-state index in [4.69, 9.17) is 14.2 Å². The highest BCUT2D eigenvalue weighted by Crippen LogP contribution is 2.18. The minimum Gasteiger partial charge on any atom is -0.494 e. The minimum absolute atomic E-state index is 0.202. The quantitative estimate of drug-likeness (QED) is 0.518. The normalized spacial score (nSPS) is 10.1. The first-order valence-electron chi connectivity index (χ1n) is 9.85. The van der Waals surface area contributed by atoms with Crippen LogP contribution in [0.4, 0.5) is 0 Å². The summed E-state index contributed by atoms with van der Waals surface area (Å²) >= 11 is 0. The Kier molecular flexibility index (Phi) is 7.88. The Morgan fingerprint density at radius 1 is 0.710 bits per heavy atom. The Bertz CT molecular complexity index is 973. The number of hydrogen-bond acceptors (Lipinski definition) is 5. The van der Waals surface area contributed by atoms with Gasteiger partial charge in [0.15, 0.2) is 6.61 Å². The molecule has 0 bridgehead atoms. The molecule has 160 valence electrons. The predicted molar refractivity (Wildman–Crippen MR) is 116 cm³/mol. The zero-order valence-corrected chi connectivity index (χ0v) is 17.2. The number of amides is 2. The van der Waals surface area contributed by atoms with Crippen LogP contribution in [0.1, 0.15) is 22.8 Å². The van der Waals surface area contributed by atoms with Crippen molar-refractivity contribution in [2.45, 2.75) is 13.5 Å². The summed E-state index contributed by atoms with van der Waals surface area (Å²) in [6, 6.07) is 23.3. The van der Waals surface area contributed by atoms with Crippen molar-refractivity contribution in [3.05, 3.63) is 90.0 Å². The summed E-state index contributed by atoms with van der Waals surface area (Å²) < 4.78 is 16.5. The van der Waals surface area contributed by atoms with Gasteiger partial charge in [-0.25, -0.2) is 0 Å². The Hall–Kier alpha value is -4.00. The molecule has 0 aliphatic rings. The van der Waals surface area contributed by atoms with E-state index in [-0.39, 0.29) is 6.61 Å². The third-order valence-corrected chi connectivity index (χ3v) is 4.18. The molecule has 0 spiro atoms. The monoisotopic (exact) mass is 420 g/mol. The largest absolute Gasteiger partial charge is 0.494 e. The van der Waals surface area contributed by atoms with Gasteiger partial charge in [-0.1, -0.05) is 30.3 Å². The SMILES string of the molecule is CCOc1ccc(OCc2ccc(C(=O)NNC(=O)COc3ccccc3)cc2)cc1. The number of ether oxygens (including phenoxy) is 3. The molecule has 0 atom stereocenters. The van der Waals surface area contributed by atoms with Crippen molar-refractivity contribution in [2.24, 2.45) is 0 Å². The second-order valence-corrected chi connectivity index (χ2v) is 6.49. The molecule has 0 unspecified atom stereocenters. The van der Waals surface area contributed by atoms with Crippen LogP contribution in [0.3, 0.4) is 0 Å². The molecule has 0 aliphatic heterocycles. The summed E-state index contributed by atoms with van der Waals surface area (Å²) in [5.41, 5.74) is 6.01. The molecule has 31 heavy (non-hydrogen) atoms. The molecule has 0 heterocycles. The van der Waals surface area contributed by atoms with Crippen LogP contribution in [0.5, 0.6) is 17.2 Å². The lowest BCUT2D eigenvalue weighted by Gasteiger charge is -2.10. The zero-order chi connectivity index (χ0) is 21.9. The first-order valence-corrected chi connectivity index (χ1v) is 9.85. The molecule has 0 saturated heterocycles. The summed E-state index contributed by atoms with van der Waals surface area (Å²) in [6.45, 7) is 2.71. The fourth-order valence-electron chi connectivity index (χ4n) is 2.62. The average molecular weight is 420 g/mol. The van der Waals surface area contributed by atoms with Crippen LogP contribution in [-0.4, -0.2) is 25.0 Å². The molecule has 0 aliphatic carbocycles. The van der Waals surface area contributed by atoms with Gasteiger partial charge in [0.05, 0.1) is 6.61 Å². The molecular weight excluding hydrogens is 396 g/mol. The smallest absolute Gasteiger partial charge is 0.276 e. The maximum absolute atomic E-state index is 12.2. The number of hydrogen-bond donors (Lipinski definition) is 2. The molecule has 2 amide bonds. The van der Waals surface area contributed by atoms with Crippen molar-refractivity contribution >= 4 is 11.8 Å². The van der Waals surface area contributed by atoms with Crippen LogP contribution in [0.15, 0.2) is 78.9 Å². The minimum atomic E-state index is -0.461. The van der Waals surface area contributed by atoms with E-state index < -0.39 is 11.8 Å². The highest BCUT2D eigenvalue weighted by molar-refractivity contribution is 5.95. The van der Waals surface area contributed by atoms with Crippen molar-refractivity contribution in [3.8, 4) is 17.2 Å². The van der Waals surface area contributed by atoms with Gasteiger partial charge in [0.25, 0.3) is 11.8 Å². The van der Waals surface area contributed by atoms with Gasteiger partial charge in [0.1, 0.15) is 23.9 Å². The Morgan fingerprint density at radius 3 is 1.97 bits per heavy atom. The highest BCUT2D eigenvalue weighted by Gasteiger charge is 2.08. The molecule has 2 N–H and O–H groups in total. The van der Waals surface area contributed by atoms with Crippen LogP contribution in [0, 0.1) is 0 Å². The number of hydrazine groups is 1. The number of benzene rings is 3. The van der Waals surface area contributed by atoms with Crippen molar-refractivity contribution in [3.63, 3.8) is 0 Å². The third-order valence-electron chi connectivity index (χ3n) is 4.18. The second-order valence-electron chi connectivity index (χ2n) is 6.49. The number of rotatable bonds is 9. The first-order chi connectivity index (χ1) is 15.1. The number of carbonyl (C=O) groups excluding carboxylic acids is 2. The van der Waals surface area contributed by atoms with Crippen LogP contribution < -0.4 is 25.1 Å². The molecule has 3 rings (SSSR count). The third kappa shape index (κ3) is 7.08. The summed E-state index contributed by atoms with van der Waals surface area (Å²) in [7, 11) is 0. The fourth-order valence-corrected chi connectivity index (χ4v) is 2.62. The molecule has 7 heteroatoms. The topological polar surface area (TPSA) is 85.9 Å². The Morgan fingerprint density at radius 2 is 1.32 bits per heavy atom. The second kappa shape index (κ2) is 11.3. The van der Waals surface area contributed by atoms with Crippen LogP contribution in [-0.2, 0) is 11.4 Å². The predicted octanol–water partition coefficient (Wildman–Crippen LogP) is 3.50. The lowest BCUT2D eigenvalue weighted by atomic mass is 10.1. The molecule has 7 nitrogen and oxygen atoms in total. The van der Waals surface area contributed by atoms with E-state index >= 15 is 0 Å². The van der Waals surface area contributed by atoms with Crippen molar-refractivity contribution in [1.82, 2.24) is 10.9 Å². The van der Waals surface area contributed by atoms with Gasteiger partial charge in [-0.3, -0.25) is 20.4 Å². The first kappa shape index (κ1) is 21.7. The maximum atomic E-state index is 12.2. The van der Waals surface area contributed by atoms with Gasteiger partial charge in [-0.2, -0.15) is 0 Å². The Balaban J connectivity index is 1.41. The molecular formula is C24H24N2O5. The standard InChI is InChI=1S/C24H24N2O5/c1-2-29-21-12-14-22(15-13-21)30-16-18-8-10-19(11-9-18)24(28)26-25-23(27)17-31-20-6-4-3-5-7-20/h3-15H,2,16-17H2,1H3,(H,25,27)(H,26,28). The van der Waals surface area contributed by atoms with Gasteiger partial charge in [-0.15, -0.1) is 0 Å². The average Bonchev–Trinajstić information content (AvgIpc) is 2.82. The number of carbonyl (C=O) groups is 2. The van der Waals surface area contributed by atoms with E-state index in [0.29, 0.717) is 24.5 Å². The molecule has 0 aromatic heterocycles. The van der Waals surface area contributed by atoms with E-state index in [1.54, 1.807) is 36.4 Å². The molecule has 0 saturated carbocycles. The van der Waals surface area contributed by atoms with Gasteiger partial charge in [-0.05, 0) is 61.0 Å². The van der Waals surface area contributed by atoms with E-state index in [0.717, 1.165) is 17.1 Å². The van der Waals surface area contributed by atoms with Crippen LogP contribution >= 0.6 is 0 Å². The van der Waals surface area contributed by atoms with Gasteiger partial charge in [0.2, 0.25) is 0 Å². The van der Waals surface area contributed by atoms with Gasteiger partial charge >= 0.3 is 0 Å². The number of nitrogens with one attached hydrogen (secondary N) is 2. The van der Waals surface area contributed by atoms with Crippen LogP contribution in [0.25, 0.3) is 0 Å². The molecule has 0 radical (unpaired) electrons. The fraction of sp³-hybridized carbons (Fsp3) is 0.167. The summed E-state index contributed by atoms with van der Waals surface area (Å²) in [4.78, 5) is 24.0. The van der Waals surface area contributed by atoms with E-state index in [2.05, 4.69) is 10.9 Å². The van der Waals surface area contributed by atoms with E-state index in [9.17, 15) is 9.59 Å². The summed E-state index contributed by atoms with van der Waals surface area (Å²) in [5.74, 6) is 1.21. The lowest BCUT2D eigenvalue weighted by Crippen LogP contribution is -2.43. The van der Waals surface area contributed by atoms with Crippen molar-refractivity contribution in [2.75, 3.05) is 13.2 Å². The highest BCUT2D eigenvalue weighted by atomic mass is 16.5. The van der Waals surface area contributed by atoms with Crippen LogP contribution in [0.2, 0.25) is 0 Å². The number of para-hydroxylation sites is 1. The zero-order valence-electron chi connectivity index (χ0n) is 17.2. The summed E-state index contributed by atoms with van der Waals surface area (Å²) in [6.07, 6.45) is 0. The van der Waals surface area contributed by atoms with Gasteiger partial charge in [0, 0.05) is 5.56 Å². The summed E-state index contributed by atoms with van der Waals surface area (Å²) in [5, 5.41) is 0. The molecule has 3 aromatic carbocycles. The van der Waals surface area contributed by atoms with E-state index in [1.807, 2.05) is 49.4 Å².